The largest absolute Gasteiger partial charge is 0.465 e. The number of amides is 1. The second-order valence-electron chi connectivity index (χ2n) is 7.07. The number of nitriles is 1. The summed E-state index contributed by atoms with van der Waals surface area (Å²) < 4.78 is 19.5. The Hall–Kier alpha value is -2.34. The number of ether oxygens (including phenoxy) is 1. The molecule has 0 saturated carbocycles. The molecule has 1 aliphatic rings. The molecule has 1 amide bonds. The molecule has 2 aromatic rings. The lowest BCUT2D eigenvalue weighted by molar-refractivity contribution is -0.0421. The van der Waals surface area contributed by atoms with Gasteiger partial charge in [0.05, 0.1) is 23.2 Å². The van der Waals surface area contributed by atoms with Crippen molar-refractivity contribution < 1.29 is 19.0 Å². The first-order valence-corrected chi connectivity index (χ1v) is 10.1. The van der Waals surface area contributed by atoms with Crippen LogP contribution in [0.1, 0.15) is 36.6 Å². The third kappa shape index (κ3) is 4.64. The van der Waals surface area contributed by atoms with E-state index in [1.165, 1.54) is 22.7 Å². The summed E-state index contributed by atoms with van der Waals surface area (Å²) in [5.74, 6) is -0.659. The number of carboxylic acid groups (broad SMARTS) is 1. The number of hydrogen-bond acceptors (Lipinski definition) is 5. The summed E-state index contributed by atoms with van der Waals surface area (Å²) in [6, 6.07) is 7.80. The van der Waals surface area contributed by atoms with Crippen molar-refractivity contribution in [3.05, 3.63) is 58.6 Å². The highest BCUT2D eigenvalue weighted by Crippen LogP contribution is 2.43. The van der Waals surface area contributed by atoms with E-state index in [9.17, 15) is 19.6 Å². The van der Waals surface area contributed by atoms with Crippen molar-refractivity contribution in [2.24, 2.45) is 0 Å². The first-order valence-electron chi connectivity index (χ1n) is 8.85. The van der Waals surface area contributed by atoms with Crippen LogP contribution in [0.25, 0.3) is 0 Å². The summed E-state index contributed by atoms with van der Waals surface area (Å²) in [6.07, 6.45) is 2.70. The van der Waals surface area contributed by atoms with Crippen LogP contribution < -0.4 is 0 Å². The smallest absolute Gasteiger partial charge is 0.409 e. The average molecular weight is 436 g/mol. The van der Waals surface area contributed by atoms with E-state index in [2.05, 4.69) is 4.98 Å². The van der Waals surface area contributed by atoms with Gasteiger partial charge in [-0.05, 0) is 44.0 Å². The lowest BCUT2D eigenvalue weighted by Crippen LogP contribution is -2.47. The lowest BCUT2D eigenvalue weighted by Gasteiger charge is -2.32. The Morgan fingerprint density at radius 1 is 1.59 bits per heavy atom. The number of pyridine rings is 1. The minimum Gasteiger partial charge on any atom is -0.465 e. The number of nitrogens with zero attached hydrogens (tertiary/aromatic N) is 3. The third-order valence-electron chi connectivity index (χ3n) is 4.73. The van der Waals surface area contributed by atoms with Crippen molar-refractivity contribution in [3.8, 4) is 6.07 Å². The monoisotopic (exact) mass is 435 g/mol. The molecule has 0 radical (unpaired) electrons. The molecule has 0 aliphatic carbocycles. The Morgan fingerprint density at radius 2 is 2.34 bits per heavy atom. The molecule has 2 atom stereocenters. The summed E-state index contributed by atoms with van der Waals surface area (Å²) in [7, 11) is 0. The summed E-state index contributed by atoms with van der Waals surface area (Å²) in [6.45, 7) is 3.67. The predicted molar refractivity (Wildman–Crippen MR) is 107 cm³/mol. The molecule has 0 unspecified atom stereocenters. The maximum atomic E-state index is 13.8. The van der Waals surface area contributed by atoms with Crippen LogP contribution in [0.15, 0.2) is 41.6 Å². The van der Waals surface area contributed by atoms with E-state index < -0.39 is 17.6 Å². The number of hydrogen-bond donors (Lipinski definition) is 1. The van der Waals surface area contributed by atoms with E-state index in [-0.39, 0.29) is 28.5 Å². The second-order valence-corrected chi connectivity index (χ2v) is 8.72. The minimum absolute atomic E-state index is 0.0751. The van der Waals surface area contributed by atoms with Crippen LogP contribution in [0.5, 0.6) is 0 Å². The van der Waals surface area contributed by atoms with Gasteiger partial charge in [-0.3, -0.25) is 9.88 Å². The Labute approximate surface area is 177 Å². The Bertz CT molecular complexity index is 952. The van der Waals surface area contributed by atoms with Gasteiger partial charge in [-0.15, -0.1) is 11.8 Å². The first-order chi connectivity index (χ1) is 13.7. The molecule has 0 bridgehead atoms. The van der Waals surface area contributed by atoms with Crippen LogP contribution in [-0.4, -0.2) is 39.5 Å². The number of rotatable bonds is 5. The Balaban J connectivity index is 1.95. The van der Waals surface area contributed by atoms with Crippen molar-refractivity contribution in [2.75, 3.05) is 6.61 Å². The molecule has 1 aromatic heterocycles. The van der Waals surface area contributed by atoms with Crippen molar-refractivity contribution in [1.29, 1.82) is 5.26 Å². The molecule has 1 N–H and O–H groups in total. The zero-order chi connectivity index (χ0) is 21.2. The SMILES string of the molecule is CC1(C)OC[C@H](C[C@@H](Sc2cc(Cl)c(F)cc2C#N)c2cccnc2)N1C(=O)O. The lowest BCUT2D eigenvalue weighted by atomic mass is 10.1. The Kier molecular flexibility index (Phi) is 6.32. The van der Waals surface area contributed by atoms with Crippen LogP contribution >= 0.6 is 23.4 Å². The fraction of sp³-hybridized carbons (Fsp3) is 0.350. The quantitative estimate of drug-likeness (QED) is 0.658. The van der Waals surface area contributed by atoms with Crippen molar-refractivity contribution in [2.45, 2.75) is 42.2 Å². The molecule has 0 spiro atoms. The van der Waals surface area contributed by atoms with Crippen LogP contribution in [0, 0.1) is 17.1 Å². The number of carbonyl (C=O) groups is 1. The molecule has 9 heteroatoms. The zero-order valence-corrected chi connectivity index (χ0v) is 17.4. The average Bonchev–Trinajstić information content (AvgIpc) is 2.98. The molecule has 29 heavy (non-hydrogen) atoms. The first kappa shape index (κ1) is 21.4. The van der Waals surface area contributed by atoms with Gasteiger partial charge in [-0.2, -0.15) is 5.26 Å². The third-order valence-corrected chi connectivity index (χ3v) is 6.37. The molecular formula is C20H19ClFN3O3S. The van der Waals surface area contributed by atoms with E-state index in [1.807, 2.05) is 12.1 Å². The van der Waals surface area contributed by atoms with Gasteiger partial charge >= 0.3 is 6.09 Å². The highest BCUT2D eigenvalue weighted by atomic mass is 35.5. The van der Waals surface area contributed by atoms with Gasteiger partial charge in [0.2, 0.25) is 0 Å². The number of thioether (sulfide) groups is 1. The number of aromatic nitrogens is 1. The molecule has 6 nitrogen and oxygen atoms in total. The van der Waals surface area contributed by atoms with Crippen LogP contribution in [0.2, 0.25) is 5.02 Å². The van der Waals surface area contributed by atoms with Gasteiger partial charge in [0.1, 0.15) is 17.6 Å². The molecule has 1 fully saturated rings. The summed E-state index contributed by atoms with van der Waals surface area (Å²) in [4.78, 5) is 17.8. The molecule has 1 saturated heterocycles. The number of halogens is 2. The van der Waals surface area contributed by atoms with Crippen LogP contribution in [-0.2, 0) is 4.74 Å². The van der Waals surface area contributed by atoms with E-state index in [1.54, 1.807) is 32.3 Å². The molecule has 2 heterocycles. The molecule has 3 rings (SSSR count). The normalized spacial score (nSPS) is 19.0. The maximum absolute atomic E-state index is 13.8. The van der Waals surface area contributed by atoms with Crippen molar-refractivity contribution in [3.63, 3.8) is 0 Å². The van der Waals surface area contributed by atoms with Gasteiger partial charge < -0.3 is 9.84 Å². The van der Waals surface area contributed by atoms with Crippen LogP contribution in [0.4, 0.5) is 9.18 Å². The van der Waals surface area contributed by atoms with E-state index >= 15 is 0 Å². The topological polar surface area (TPSA) is 86.5 Å². The van der Waals surface area contributed by atoms with E-state index in [4.69, 9.17) is 16.3 Å². The molecule has 1 aromatic carbocycles. The van der Waals surface area contributed by atoms with E-state index in [0.717, 1.165) is 11.6 Å². The predicted octanol–water partition coefficient (Wildman–Crippen LogP) is 5.08. The van der Waals surface area contributed by atoms with Gasteiger partial charge in [-0.25, -0.2) is 9.18 Å². The summed E-state index contributed by atoms with van der Waals surface area (Å²) in [5, 5.41) is 18.7. The maximum Gasteiger partial charge on any atom is 0.409 e. The highest BCUT2D eigenvalue weighted by molar-refractivity contribution is 7.99. The molecule has 1 aliphatic heterocycles. The summed E-state index contributed by atoms with van der Waals surface area (Å²) >= 11 is 7.26. The van der Waals surface area contributed by atoms with Gasteiger partial charge in [0.15, 0.2) is 0 Å². The van der Waals surface area contributed by atoms with Gasteiger partial charge in [0, 0.05) is 22.5 Å². The van der Waals surface area contributed by atoms with Gasteiger partial charge in [0.25, 0.3) is 0 Å². The van der Waals surface area contributed by atoms with Crippen molar-refractivity contribution in [1.82, 2.24) is 9.88 Å². The van der Waals surface area contributed by atoms with Crippen LogP contribution in [0.3, 0.4) is 0 Å². The molecular weight excluding hydrogens is 417 g/mol. The minimum atomic E-state index is -1.06. The fourth-order valence-corrected chi connectivity index (χ4v) is 4.92. The van der Waals surface area contributed by atoms with Crippen molar-refractivity contribution >= 4 is 29.5 Å². The van der Waals surface area contributed by atoms with E-state index in [0.29, 0.717) is 11.3 Å². The van der Waals surface area contributed by atoms with Gasteiger partial charge in [-0.1, -0.05) is 17.7 Å². The second kappa shape index (κ2) is 8.57. The fourth-order valence-electron chi connectivity index (χ4n) is 3.38. The Morgan fingerprint density at radius 3 is 2.97 bits per heavy atom. The summed E-state index contributed by atoms with van der Waals surface area (Å²) in [5.41, 5.74) is 0.0956. The standard InChI is InChI=1S/C20H19ClFN3O3S/c1-20(2)25(19(26)27)14(11-28-20)7-17(12-4-3-5-24-10-12)29-18-8-15(21)16(22)6-13(18)9-23/h3-6,8,10,14,17H,7,11H2,1-2H3,(H,26,27)/t14-,17+/m0/s1. The highest BCUT2D eigenvalue weighted by Gasteiger charge is 2.44. The molecule has 152 valence electrons. The number of benzene rings is 1. The zero-order valence-electron chi connectivity index (χ0n) is 15.8.